The van der Waals surface area contributed by atoms with E-state index in [1.54, 1.807) is 11.8 Å². The molecule has 3 nitrogen and oxygen atoms in total. The highest BCUT2D eigenvalue weighted by atomic mass is 35.5. The summed E-state index contributed by atoms with van der Waals surface area (Å²) in [6.45, 7) is 0.570. The second-order valence-electron chi connectivity index (χ2n) is 4.12. The first kappa shape index (κ1) is 14.0. The Morgan fingerprint density at radius 1 is 1.32 bits per heavy atom. The minimum Gasteiger partial charge on any atom is -0.367 e. The molecule has 100 valence electrons. The Morgan fingerprint density at radius 3 is 2.95 bits per heavy atom. The Balaban J connectivity index is 1.66. The van der Waals surface area contributed by atoms with Gasteiger partial charge in [0, 0.05) is 29.7 Å². The Bertz CT molecular complexity index is 528. The molecule has 0 atom stereocenters. The topological polar surface area (TPSA) is 44.9 Å². The van der Waals surface area contributed by atoms with Crippen LogP contribution in [0.15, 0.2) is 42.7 Å². The summed E-state index contributed by atoms with van der Waals surface area (Å²) >= 11 is 7.48. The minimum absolute atomic E-state index is 0.0493. The van der Waals surface area contributed by atoms with Crippen molar-refractivity contribution in [2.24, 2.45) is 0 Å². The van der Waals surface area contributed by atoms with Gasteiger partial charge in [-0.25, -0.2) is 0 Å². The summed E-state index contributed by atoms with van der Waals surface area (Å²) in [6.07, 6.45) is 3.72. The smallest absolute Gasteiger partial charge is 0.230 e. The molecular weight excluding hydrogens is 280 g/mol. The maximum Gasteiger partial charge on any atom is 0.230 e. The molecule has 0 aliphatic heterocycles. The van der Waals surface area contributed by atoms with Crippen LogP contribution in [0.5, 0.6) is 0 Å². The fourth-order valence-electron chi connectivity index (χ4n) is 1.61. The van der Waals surface area contributed by atoms with Gasteiger partial charge in [0.05, 0.1) is 5.75 Å². The van der Waals surface area contributed by atoms with Crippen LogP contribution in [-0.4, -0.2) is 16.6 Å². The molecule has 0 aliphatic rings. The van der Waals surface area contributed by atoms with Gasteiger partial charge in [0.25, 0.3) is 0 Å². The molecule has 0 radical (unpaired) electrons. The molecule has 0 aliphatic carbocycles. The molecule has 0 unspecified atom stereocenters. The first-order valence-corrected chi connectivity index (χ1v) is 7.48. The SMILES string of the molecule is O=C(CSCc1cccc(Cl)c1)NCc1cc[nH]c1. The number of hydrogen-bond acceptors (Lipinski definition) is 2. The second kappa shape index (κ2) is 7.26. The third-order valence-corrected chi connectivity index (χ3v) is 3.78. The van der Waals surface area contributed by atoms with Crippen molar-refractivity contribution in [1.29, 1.82) is 0 Å². The average molecular weight is 295 g/mol. The maximum atomic E-state index is 11.6. The highest BCUT2D eigenvalue weighted by molar-refractivity contribution is 7.99. The lowest BCUT2D eigenvalue weighted by molar-refractivity contribution is -0.118. The van der Waals surface area contributed by atoms with Crippen LogP contribution in [0.25, 0.3) is 0 Å². The first-order valence-electron chi connectivity index (χ1n) is 5.94. The summed E-state index contributed by atoms with van der Waals surface area (Å²) in [5, 5.41) is 3.61. The van der Waals surface area contributed by atoms with Crippen LogP contribution in [0.4, 0.5) is 0 Å². The van der Waals surface area contributed by atoms with Gasteiger partial charge in [-0.1, -0.05) is 23.7 Å². The standard InChI is InChI=1S/C14H15ClN2OS/c15-13-3-1-2-11(6-13)9-19-10-14(18)17-8-12-4-5-16-7-12/h1-7,16H,8-10H2,(H,17,18). The van der Waals surface area contributed by atoms with E-state index in [0.717, 1.165) is 21.9 Å². The molecule has 1 aromatic heterocycles. The molecule has 2 N–H and O–H groups in total. The summed E-state index contributed by atoms with van der Waals surface area (Å²) in [5.41, 5.74) is 2.21. The van der Waals surface area contributed by atoms with Crippen molar-refractivity contribution < 1.29 is 4.79 Å². The summed E-state index contributed by atoms with van der Waals surface area (Å²) in [6, 6.07) is 9.64. The zero-order valence-electron chi connectivity index (χ0n) is 10.4. The van der Waals surface area contributed by atoms with Crippen molar-refractivity contribution in [1.82, 2.24) is 10.3 Å². The van der Waals surface area contributed by atoms with Crippen LogP contribution < -0.4 is 5.32 Å². The van der Waals surface area contributed by atoms with Gasteiger partial charge in [-0.2, -0.15) is 0 Å². The summed E-state index contributed by atoms with van der Waals surface area (Å²) in [7, 11) is 0. The molecule has 1 aromatic carbocycles. The fraction of sp³-hybridized carbons (Fsp3) is 0.214. The van der Waals surface area contributed by atoms with Gasteiger partial charge in [0.15, 0.2) is 0 Å². The molecule has 1 amide bonds. The maximum absolute atomic E-state index is 11.6. The number of rotatable bonds is 6. The highest BCUT2D eigenvalue weighted by Crippen LogP contribution is 2.16. The summed E-state index contributed by atoms with van der Waals surface area (Å²) in [4.78, 5) is 14.6. The van der Waals surface area contributed by atoms with Crippen LogP contribution in [0.2, 0.25) is 5.02 Å². The van der Waals surface area contributed by atoms with Crippen LogP contribution >= 0.6 is 23.4 Å². The number of aromatic amines is 1. The summed E-state index contributed by atoms with van der Waals surface area (Å²) < 4.78 is 0. The van der Waals surface area contributed by atoms with E-state index in [1.165, 1.54) is 0 Å². The van der Waals surface area contributed by atoms with E-state index < -0.39 is 0 Å². The van der Waals surface area contributed by atoms with E-state index >= 15 is 0 Å². The largest absolute Gasteiger partial charge is 0.367 e. The summed E-state index contributed by atoms with van der Waals surface area (Å²) in [5.74, 6) is 1.29. The van der Waals surface area contributed by atoms with E-state index in [9.17, 15) is 4.79 Å². The first-order chi connectivity index (χ1) is 9.24. The molecule has 0 bridgehead atoms. The number of hydrogen-bond donors (Lipinski definition) is 2. The molecular formula is C14H15ClN2OS. The third-order valence-electron chi connectivity index (χ3n) is 2.54. The van der Waals surface area contributed by atoms with Gasteiger partial charge in [-0.3, -0.25) is 4.79 Å². The van der Waals surface area contributed by atoms with Crippen molar-refractivity contribution >= 4 is 29.3 Å². The van der Waals surface area contributed by atoms with E-state index in [-0.39, 0.29) is 5.91 Å². The fourth-order valence-corrected chi connectivity index (χ4v) is 2.63. The lowest BCUT2D eigenvalue weighted by Crippen LogP contribution is -2.24. The van der Waals surface area contributed by atoms with Crippen molar-refractivity contribution in [3.63, 3.8) is 0 Å². The monoisotopic (exact) mass is 294 g/mol. The highest BCUT2D eigenvalue weighted by Gasteiger charge is 2.02. The third kappa shape index (κ3) is 5.01. The van der Waals surface area contributed by atoms with Crippen LogP contribution in [0.1, 0.15) is 11.1 Å². The molecule has 1 heterocycles. The molecule has 0 saturated carbocycles. The minimum atomic E-state index is 0.0493. The number of carbonyl (C=O) groups is 1. The Hall–Kier alpha value is -1.39. The number of thioether (sulfide) groups is 1. The van der Waals surface area contributed by atoms with Crippen molar-refractivity contribution in [3.05, 3.63) is 58.9 Å². The molecule has 19 heavy (non-hydrogen) atoms. The molecule has 0 saturated heterocycles. The van der Waals surface area contributed by atoms with Gasteiger partial charge >= 0.3 is 0 Å². The van der Waals surface area contributed by atoms with Gasteiger partial charge in [0.1, 0.15) is 0 Å². The number of nitrogens with one attached hydrogen (secondary N) is 2. The van der Waals surface area contributed by atoms with Crippen molar-refractivity contribution in [2.45, 2.75) is 12.3 Å². The molecule has 2 rings (SSSR count). The zero-order chi connectivity index (χ0) is 13.5. The van der Waals surface area contributed by atoms with E-state index in [1.807, 2.05) is 42.7 Å². The lowest BCUT2D eigenvalue weighted by Gasteiger charge is -2.04. The van der Waals surface area contributed by atoms with Crippen LogP contribution in [0, 0.1) is 0 Å². The van der Waals surface area contributed by atoms with Gasteiger partial charge in [-0.15, -0.1) is 11.8 Å². The van der Waals surface area contributed by atoms with E-state index in [0.29, 0.717) is 12.3 Å². The van der Waals surface area contributed by atoms with Crippen molar-refractivity contribution in [3.8, 4) is 0 Å². The van der Waals surface area contributed by atoms with Gasteiger partial charge < -0.3 is 10.3 Å². The Morgan fingerprint density at radius 2 is 2.21 bits per heavy atom. The second-order valence-corrected chi connectivity index (χ2v) is 5.54. The number of benzene rings is 1. The van der Waals surface area contributed by atoms with Crippen molar-refractivity contribution in [2.75, 3.05) is 5.75 Å². The molecule has 5 heteroatoms. The van der Waals surface area contributed by atoms with Gasteiger partial charge in [-0.05, 0) is 29.3 Å². The normalized spacial score (nSPS) is 10.4. The predicted octanol–water partition coefficient (Wildman–Crippen LogP) is 3.22. The average Bonchev–Trinajstić information content (AvgIpc) is 2.89. The Labute approximate surface area is 121 Å². The number of aromatic nitrogens is 1. The quantitative estimate of drug-likeness (QED) is 0.859. The van der Waals surface area contributed by atoms with Gasteiger partial charge in [0.2, 0.25) is 5.91 Å². The van der Waals surface area contributed by atoms with E-state index in [4.69, 9.17) is 11.6 Å². The lowest BCUT2D eigenvalue weighted by atomic mass is 10.2. The number of halogens is 1. The molecule has 0 fully saturated rings. The van der Waals surface area contributed by atoms with Crippen LogP contribution in [0.3, 0.4) is 0 Å². The van der Waals surface area contributed by atoms with Crippen LogP contribution in [-0.2, 0) is 17.1 Å². The molecule has 0 spiro atoms. The zero-order valence-corrected chi connectivity index (χ0v) is 11.9. The Kier molecular flexibility index (Phi) is 5.36. The number of amides is 1. The van der Waals surface area contributed by atoms with E-state index in [2.05, 4.69) is 10.3 Å². The number of carbonyl (C=O) groups excluding carboxylic acids is 1. The molecule has 2 aromatic rings. The number of H-pyrrole nitrogens is 1. The predicted molar refractivity (Wildman–Crippen MR) is 80.3 cm³/mol.